The van der Waals surface area contributed by atoms with Crippen LogP contribution in [0, 0.1) is 0 Å². The number of hydrogen-bond acceptors (Lipinski definition) is 5. The summed E-state index contributed by atoms with van der Waals surface area (Å²) < 4.78 is 5.42. The maximum atomic E-state index is 5.84. The first kappa shape index (κ1) is 13.2. The predicted octanol–water partition coefficient (Wildman–Crippen LogP) is 3.35. The highest BCUT2D eigenvalue weighted by Crippen LogP contribution is 2.27. The standard InChI is InChI=1S/C16H16N4O/c1-2-21-16-13(17)6-7-15(20-16)19-14-5-3-4-11-10-18-9-8-12(11)14/h3-10H,2,17H2,1H3,(H,19,20). The van der Waals surface area contributed by atoms with E-state index >= 15 is 0 Å². The monoisotopic (exact) mass is 280 g/mol. The third-order valence-corrected chi connectivity index (χ3v) is 3.11. The van der Waals surface area contributed by atoms with E-state index in [2.05, 4.69) is 15.3 Å². The summed E-state index contributed by atoms with van der Waals surface area (Å²) in [5.41, 5.74) is 7.34. The second-order valence-corrected chi connectivity index (χ2v) is 4.55. The van der Waals surface area contributed by atoms with E-state index in [1.165, 1.54) is 0 Å². The summed E-state index contributed by atoms with van der Waals surface area (Å²) in [4.78, 5) is 8.52. The van der Waals surface area contributed by atoms with Crippen LogP contribution in [0.4, 0.5) is 17.2 Å². The van der Waals surface area contributed by atoms with Crippen LogP contribution in [-0.2, 0) is 0 Å². The summed E-state index contributed by atoms with van der Waals surface area (Å²) >= 11 is 0. The summed E-state index contributed by atoms with van der Waals surface area (Å²) in [5.74, 6) is 1.14. The van der Waals surface area contributed by atoms with Gasteiger partial charge in [-0.25, -0.2) is 0 Å². The third-order valence-electron chi connectivity index (χ3n) is 3.11. The second-order valence-electron chi connectivity index (χ2n) is 4.55. The Morgan fingerprint density at radius 2 is 2.10 bits per heavy atom. The van der Waals surface area contributed by atoms with Crippen molar-refractivity contribution in [3.8, 4) is 5.88 Å². The van der Waals surface area contributed by atoms with Crippen molar-refractivity contribution in [2.45, 2.75) is 6.92 Å². The molecule has 2 heterocycles. The molecule has 3 N–H and O–H groups in total. The minimum atomic E-state index is 0.449. The van der Waals surface area contributed by atoms with Gasteiger partial charge in [0, 0.05) is 28.9 Å². The van der Waals surface area contributed by atoms with E-state index in [1.54, 1.807) is 12.3 Å². The van der Waals surface area contributed by atoms with Crippen molar-refractivity contribution in [2.24, 2.45) is 0 Å². The number of fused-ring (bicyclic) bond motifs is 1. The molecule has 3 rings (SSSR count). The summed E-state index contributed by atoms with van der Waals surface area (Å²) in [6.07, 6.45) is 3.61. The lowest BCUT2D eigenvalue weighted by Gasteiger charge is -2.11. The summed E-state index contributed by atoms with van der Waals surface area (Å²) in [5, 5.41) is 5.46. The van der Waals surface area contributed by atoms with Crippen molar-refractivity contribution in [3.05, 3.63) is 48.8 Å². The van der Waals surface area contributed by atoms with Gasteiger partial charge in [0.1, 0.15) is 5.82 Å². The molecule has 3 aromatic rings. The molecule has 1 aromatic carbocycles. The summed E-state index contributed by atoms with van der Waals surface area (Å²) in [7, 11) is 0. The number of nitrogens with zero attached hydrogens (tertiary/aromatic N) is 2. The van der Waals surface area contributed by atoms with Gasteiger partial charge in [0.2, 0.25) is 5.88 Å². The molecule has 0 saturated heterocycles. The maximum absolute atomic E-state index is 5.84. The Labute approximate surface area is 122 Å². The molecule has 0 bridgehead atoms. The zero-order valence-electron chi connectivity index (χ0n) is 11.7. The predicted molar refractivity (Wildman–Crippen MR) is 84.8 cm³/mol. The van der Waals surface area contributed by atoms with Crippen LogP contribution in [0.25, 0.3) is 10.8 Å². The maximum Gasteiger partial charge on any atom is 0.239 e. The molecule has 2 aromatic heterocycles. The van der Waals surface area contributed by atoms with E-state index in [9.17, 15) is 0 Å². The molecule has 21 heavy (non-hydrogen) atoms. The third kappa shape index (κ3) is 2.72. The minimum absolute atomic E-state index is 0.449. The van der Waals surface area contributed by atoms with Crippen LogP contribution < -0.4 is 15.8 Å². The molecule has 0 aliphatic rings. The van der Waals surface area contributed by atoms with Crippen molar-refractivity contribution in [1.29, 1.82) is 0 Å². The van der Waals surface area contributed by atoms with E-state index in [1.807, 2.05) is 43.5 Å². The lowest BCUT2D eigenvalue weighted by atomic mass is 10.1. The van der Waals surface area contributed by atoms with Crippen LogP contribution >= 0.6 is 0 Å². The lowest BCUT2D eigenvalue weighted by Crippen LogP contribution is -2.02. The Morgan fingerprint density at radius 3 is 2.95 bits per heavy atom. The molecule has 0 atom stereocenters. The first-order valence-corrected chi connectivity index (χ1v) is 6.77. The molecule has 5 nitrogen and oxygen atoms in total. The van der Waals surface area contributed by atoms with Gasteiger partial charge in [-0.1, -0.05) is 12.1 Å². The van der Waals surface area contributed by atoms with Gasteiger partial charge in [-0.05, 0) is 31.2 Å². The number of pyridine rings is 2. The van der Waals surface area contributed by atoms with Crippen LogP contribution in [0.15, 0.2) is 48.8 Å². The molecule has 5 heteroatoms. The Bertz CT molecular complexity index is 768. The molecule has 0 spiro atoms. The highest BCUT2D eigenvalue weighted by molar-refractivity contribution is 5.94. The SMILES string of the molecule is CCOc1nc(Nc2cccc3cnccc23)ccc1N. The van der Waals surface area contributed by atoms with Gasteiger partial charge in [0.05, 0.1) is 12.3 Å². The fourth-order valence-corrected chi connectivity index (χ4v) is 2.14. The number of aromatic nitrogens is 2. The van der Waals surface area contributed by atoms with Crippen molar-refractivity contribution < 1.29 is 4.74 Å². The number of hydrogen-bond donors (Lipinski definition) is 2. The Balaban J connectivity index is 1.97. The highest BCUT2D eigenvalue weighted by atomic mass is 16.5. The van der Waals surface area contributed by atoms with E-state index in [0.717, 1.165) is 16.5 Å². The summed E-state index contributed by atoms with van der Waals surface area (Å²) in [6, 6.07) is 11.6. The number of anilines is 3. The number of benzene rings is 1. The van der Waals surface area contributed by atoms with Crippen LogP contribution in [0.1, 0.15) is 6.92 Å². The number of nitrogens with one attached hydrogen (secondary N) is 1. The molecule has 0 unspecified atom stereocenters. The first-order chi connectivity index (χ1) is 10.3. The topological polar surface area (TPSA) is 73.1 Å². The van der Waals surface area contributed by atoms with Gasteiger partial charge in [0.25, 0.3) is 0 Å². The number of rotatable bonds is 4. The van der Waals surface area contributed by atoms with E-state index < -0.39 is 0 Å². The average Bonchev–Trinajstić information content (AvgIpc) is 2.51. The van der Waals surface area contributed by atoms with Crippen LogP contribution in [0.3, 0.4) is 0 Å². The summed E-state index contributed by atoms with van der Waals surface area (Å²) in [6.45, 7) is 2.43. The first-order valence-electron chi connectivity index (χ1n) is 6.77. The molecule has 0 aliphatic carbocycles. The van der Waals surface area contributed by atoms with Gasteiger partial charge >= 0.3 is 0 Å². The zero-order chi connectivity index (χ0) is 14.7. The van der Waals surface area contributed by atoms with Crippen molar-refractivity contribution in [1.82, 2.24) is 9.97 Å². The molecule has 0 amide bonds. The molecule has 106 valence electrons. The fourth-order valence-electron chi connectivity index (χ4n) is 2.14. The molecule has 0 aliphatic heterocycles. The van der Waals surface area contributed by atoms with Crippen LogP contribution in [0.2, 0.25) is 0 Å². The largest absolute Gasteiger partial charge is 0.476 e. The molecule has 0 saturated carbocycles. The Kier molecular flexibility index (Phi) is 3.55. The van der Waals surface area contributed by atoms with Gasteiger partial charge < -0.3 is 15.8 Å². The fraction of sp³-hybridized carbons (Fsp3) is 0.125. The molecule has 0 radical (unpaired) electrons. The quantitative estimate of drug-likeness (QED) is 0.766. The van der Waals surface area contributed by atoms with E-state index in [4.69, 9.17) is 10.5 Å². The lowest BCUT2D eigenvalue weighted by molar-refractivity contribution is 0.329. The molecular weight excluding hydrogens is 264 g/mol. The van der Waals surface area contributed by atoms with E-state index in [0.29, 0.717) is 24.0 Å². The van der Waals surface area contributed by atoms with Gasteiger partial charge in [-0.3, -0.25) is 4.98 Å². The number of ether oxygens (including phenoxy) is 1. The van der Waals surface area contributed by atoms with Gasteiger partial charge in [-0.2, -0.15) is 4.98 Å². The average molecular weight is 280 g/mol. The highest BCUT2D eigenvalue weighted by Gasteiger charge is 2.06. The molecule has 0 fully saturated rings. The molecular formula is C16H16N4O. The van der Waals surface area contributed by atoms with Gasteiger partial charge in [0.15, 0.2) is 0 Å². The Hall–Kier alpha value is -2.82. The number of nitrogen functional groups attached to an aromatic ring is 1. The van der Waals surface area contributed by atoms with Gasteiger partial charge in [-0.15, -0.1) is 0 Å². The van der Waals surface area contributed by atoms with Crippen molar-refractivity contribution in [3.63, 3.8) is 0 Å². The Morgan fingerprint density at radius 1 is 1.19 bits per heavy atom. The zero-order valence-corrected chi connectivity index (χ0v) is 11.7. The van der Waals surface area contributed by atoms with Crippen molar-refractivity contribution in [2.75, 3.05) is 17.7 Å². The minimum Gasteiger partial charge on any atom is -0.476 e. The smallest absolute Gasteiger partial charge is 0.239 e. The van der Waals surface area contributed by atoms with Crippen LogP contribution in [0.5, 0.6) is 5.88 Å². The van der Waals surface area contributed by atoms with E-state index in [-0.39, 0.29) is 0 Å². The second kappa shape index (κ2) is 5.66. The normalized spacial score (nSPS) is 10.5. The van der Waals surface area contributed by atoms with Crippen LogP contribution in [-0.4, -0.2) is 16.6 Å². The van der Waals surface area contributed by atoms with Crippen molar-refractivity contribution >= 4 is 28.0 Å². The number of nitrogens with two attached hydrogens (primary N) is 1.